The van der Waals surface area contributed by atoms with Crippen LogP contribution in [0, 0.1) is 13.8 Å². The van der Waals surface area contributed by atoms with Crippen molar-refractivity contribution in [3.63, 3.8) is 0 Å². The van der Waals surface area contributed by atoms with Crippen molar-refractivity contribution in [1.82, 2.24) is 5.32 Å². The highest BCUT2D eigenvalue weighted by molar-refractivity contribution is 6.31. The van der Waals surface area contributed by atoms with Gasteiger partial charge in [-0.1, -0.05) is 29.8 Å². The van der Waals surface area contributed by atoms with E-state index in [9.17, 15) is 4.79 Å². The molecule has 0 aliphatic heterocycles. The van der Waals surface area contributed by atoms with E-state index >= 15 is 0 Å². The molecular weight excluding hydrogens is 272 g/mol. The number of anilines is 1. The number of nitrogens with two attached hydrogens (primary N) is 1. The summed E-state index contributed by atoms with van der Waals surface area (Å²) in [5.41, 5.74) is 10.1. The Hall–Kier alpha value is -2.00. The van der Waals surface area contributed by atoms with Gasteiger partial charge in [-0.2, -0.15) is 0 Å². The second-order valence-corrected chi connectivity index (χ2v) is 5.19. The number of nitrogens with one attached hydrogen (secondary N) is 1. The van der Waals surface area contributed by atoms with Crippen LogP contribution in [0.1, 0.15) is 27.0 Å². The molecule has 0 atom stereocenters. The van der Waals surface area contributed by atoms with Crippen LogP contribution in [-0.4, -0.2) is 5.91 Å². The first-order valence-electron chi connectivity index (χ1n) is 6.37. The third-order valence-corrected chi connectivity index (χ3v) is 3.77. The average molecular weight is 289 g/mol. The van der Waals surface area contributed by atoms with E-state index in [2.05, 4.69) is 5.32 Å². The highest BCUT2D eigenvalue weighted by Crippen LogP contribution is 2.18. The fourth-order valence-electron chi connectivity index (χ4n) is 1.91. The highest BCUT2D eigenvalue weighted by atomic mass is 35.5. The zero-order valence-electron chi connectivity index (χ0n) is 11.5. The molecule has 4 heteroatoms. The van der Waals surface area contributed by atoms with E-state index < -0.39 is 0 Å². The molecule has 1 amide bonds. The number of carbonyl (C=O) groups excluding carboxylic acids is 1. The maximum atomic E-state index is 12.1. The predicted octanol–water partition coefficient (Wildman–Crippen LogP) is 3.47. The molecule has 2 aromatic carbocycles. The molecule has 0 saturated heterocycles. The van der Waals surface area contributed by atoms with Crippen molar-refractivity contribution in [2.45, 2.75) is 20.4 Å². The smallest absolute Gasteiger partial charge is 0.251 e. The summed E-state index contributed by atoms with van der Waals surface area (Å²) in [7, 11) is 0. The second-order valence-electron chi connectivity index (χ2n) is 4.78. The minimum atomic E-state index is -0.145. The first-order chi connectivity index (χ1) is 9.49. The van der Waals surface area contributed by atoms with E-state index in [1.165, 1.54) is 0 Å². The fourth-order valence-corrected chi connectivity index (χ4v) is 2.09. The SMILES string of the molecule is Cc1ccc(C(=O)NCc2cccc(N)c2C)cc1Cl. The molecule has 3 N–H and O–H groups in total. The zero-order valence-corrected chi connectivity index (χ0v) is 12.3. The van der Waals surface area contributed by atoms with Gasteiger partial charge in [0.25, 0.3) is 5.91 Å². The number of nitrogen functional groups attached to an aromatic ring is 1. The summed E-state index contributed by atoms with van der Waals surface area (Å²) in [4.78, 5) is 12.1. The molecule has 3 nitrogen and oxygen atoms in total. The minimum Gasteiger partial charge on any atom is -0.399 e. The van der Waals surface area contributed by atoms with Gasteiger partial charge >= 0.3 is 0 Å². The first kappa shape index (κ1) is 14.4. The topological polar surface area (TPSA) is 55.1 Å². The average Bonchev–Trinajstić information content (AvgIpc) is 2.43. The van der Waals surface area contributed by atoms with Crippen LogP contribution in [-0.2, 0) is 6.54 Å². The van der Waals surface area contributed by atoms with Crippen LogP contribution < -0.4 is 11.1 Å². The van der Waals surface area contributed by atoms with Crippen molar-refractivity contribution >= 4 is 23.2 Å². The molecule has 0 bridgehead atoms. The summed E-state index contributed by atoms with van der Waals surface area (Å²) in [6, 6.07) is 11.0. The molecule has 0 saturated carbocycles. The Morgan fingerprint density at radius 2 is 2.00 bits per heavy atom. The van der Waals surface area contributed by atoms with E-state index in [0.29, 0.717) is 17.1 Å². The van der Waals surface area contributed by atoms with Crippen LogP contribution in [0.5, 0.6) is 0 Å². The van der Waals surface area contributed by atoms with Gasteiger partial charge in [0.1, 0.15) is 0 Å². The van der Waals surface area contributed by atoms with Gasteiger partial charge in [0.2, 0.25) is 0 Å². The molecule has 0 heterocycles. The van der Waals surface area contributed by atoms with Gasteiger partial charge < -0.3 is 11.1 Å². The number of rotatable bonds is 3. The van der Waals surface area contributed by atoms with E-state index in [4.69, 9.17) is 17.3 Å². The molecule has 0 aliphatic rings. The third-order valence-electron chi connectivity index (χ3n) is 3.36. The molecule has 104 valence electrons. The number of halogens is 1. The number of benzene rings is 2. The Balaban J connectivity index is 2.08. The van der Waals surface area contributed by atoms with Gasteiger partial charge in [0.05, 0.1) is 0 Å². The quantitative estimate of drug-likeness (QED) is 0.850. The monoisotopic (exact) mass is 288 g/mol. The van der Waals surface area contributed by atoms with Crippen molar-refractivity contribution in [2.24, 2.45) is 0 Å². The third kappa shape index (κ3) is 3.11. The van der Waals surface area contributed by atoms with E-state index in [1.807, 2.05) is 38.1 Å². The van der Waals surface area contributed by atoms with Crippen LogP contribution in [0.3, 0.4) is 0 Å². The van der Waals surface area contributed by atoms with Crippen LogP contribution in [0.2, 0.25) is 5.02 Å². The Labute approximate surface area is 123 Å². The number of hydrogen-bond donors (Lipinski definition) is 2. The summed E-state index contributed by atoms with van der Waals surface area (Å²) in [6.45, 7) is 4.29. The molecule has 20 heavy (non-hydrogen) atoms. The van der Waals surface area contributed by atoms with E-state index in [-0.39, 0.29) is 5.91 Å². The summed E-state index contributed by atoms with van der Waals surface area (Å²) in [6.07, 6.45) is 0. The molecule has 0 radical (unpaired) electrons. The van der Waals surface area contributed by atoms with Crippen LogP contribution in [0.25, 0.3) is 0 Å². The second kappa shape index (κ2) is 5.97. The molecule has 0 unspecified atom stereocenters. The fraction of sp³-hybridized carbons (Fsp3) is 0.188. The Morgan fingerprint density at radius 3 is 2.70 bits per heavy atom. The van der Waals surface area contributed by atoms with Crippen LogP contribution >= 0.6 is 11.6 Å². The Bertz CT molecular complexity index is 653. The summed E-state index contributed by atoms with van der Waals surface area (Å²) in [5, 5.41) is 3.47. The van der Waals surface area contributed by atoms with Gasteiger partial charge in [-0.25, -0.2) is 0 Å². The van der Waals surface area contributed by atoms with Crippen molar-refractivity contribution in [3.8, 4) is 0 Å². The van der Waals surface area contributed by atoms with Gasteiger partial charge in [0.15, 0.2) is 0 Å². The van der Waals surface area contributed by atoms with Gasteiger partial charge in [0, 0.05) is 22.8 Å². The Morgan fingerprint density at radius 1 is 1.25 bits per heavy atom. The maximum Gasteiger partial charge on any atom is 0.251 e. The summed E-state index contributed by atoms with van der Waals surface area (Å²) >= 11 is 6.02. The number of carbonyl (C=O) groups is 1. The van der Waals surface area contributed by atoms with Crippen LogP contribution in [0.15, 0.2) is 36.4 Å². The van der Waals surface area contributed by atoms with Crippen molar-refractivity contribution in [2.75, 3.05) is 5.73 Å². The lowest BCUT2D eigenvalue weighted by Gasteiger charge is -2.10. The van der Waals surface area contributed by atoms with E-state index in [1.54, 1.807) is 12.1 Å². The molecule has 0 fully saturated rings. The molecular formula is C16H17ClN2O. The highest BCUT2D eigenvalue weighted by Gasteiger charge is 2.08. The number of amides is 1. The Kier molecular flexibility index (Phi) is 4.30. The molecule has 0 spiro atoms. The first-order valence-corrected chi connectivity index (χ1v) is 6.75. The minimum absolute atomic E-state index is 0.145. The normalized spacial score (nSPS) is 10.3. The molecule has 0 aliphatic carbocycles. The number of hydrogen-bond acceptors (Lipinski definition) is 2. The lowest BCUT2D eigenvalue weighted by atomic mass is 10.1. The van der Waals surface area contributed by atoms with Gasteiger partial charge in [-0.3, -0.25) is 4.79 Å². The van der Waals surface area contributed by atoms with Gasteiger partial charge in [-0.05, 0) is 48.7 Å². The van der Waals surface area contributed by atoms with Crippen molar-refractivity contribution in [1.29, 1.82) is 0 Å². The summed E-state index contributed by atoms with van der Waals surface area (Å²) in [5.74, 6) is -0.145. The predicted molar refractivity (Wildman–Crippen MR) is 83.0 cm³/mol. The lowest BCUT2D eigenvalue weighted by molar-refractivity contribution is 0.0951. The molecule has 0 aromatic heterocycles. The van der Waals surface area contributed by atoms with Crippen molar-refractivity contribution in [3.05, 3.63) is 63.7 Å². The lowest BCUT2D eigenvalue weighted by Crippen LogP contribution is -2.23. The van der Waals surface area contributed by atoms with Crippen molar-refractivity contribution < 1.29 is 4.79 Å². The van der Waals surface area contributed by atoms with Crippen LogP contribution in [0.4, 0.5) is 5.69 Å². The molecule has 2 aromatic rings. The largest absolute Gasteiger partial charge is 0.399 e. The zero-order chi connectivity index (χ0) is 14.7. The van der Waals surface area contributed by atoms with E-state index in [0.717, 1.165) is 22.4 Å². The maximum absolute atomic E-state index is 12.1. The summed E-state index contributed by atoms with van der Waals surface area (Å²) < 4.78 is 0. The number of aryl methyl sites for hydroxylation is 1. The van der Waals surface area contributed by atoms with Gasteiger partial charge in [-0.15, -0.1) is 0 Å². The standard InChI is InChI=1S/C16H17ClN2O/c1-10-6-7-12(8-14(10)17)16(20)19-9-13-4-3-5-15(18)11(13)2/h3-8H,9,18H2,1-2H3,(H,19,20). The molecule has 2 rings (SSSR count).